The maximum absolute atomic E-state index is 12.5. The van der Waals surface area contributed by atoms with E-state index in [2.05, 4.69) is 5.32 Å². The molecule has 0 aliphatic heterocycles. The molecule has 0 aromatic heterocycles. The second kappa shape index (κ2) is 6.01. The van der Waals surface area contributed by atoms with Crippen LogP contribution in [0.2, 0.25) is 0 Å². The number of carbonyl (C=O) groups excluding carboxylic acids is 1. The molecule has 1 aromatic rings. The van der Waals surface area contributed by atoms with Crippen molar-refractivity contribution in [1.29, 1.82) is 0 Å². The Morgan fingerprint density at radius 3 is 2.58 bits per heavy atom. The van der Waals surface area contributed by atoms with Gasteiger partial charge in [-0.1, -0.05) is 25.2 Å². The van der Waals surface area contributed by atoms with E-state index in [1.54, 1.807) is 6.92 Å². The van der Waals surface area contributed by atoms with Gasteiger partial charge in [-0.05, 0) is 24.6 Å². The Kier molecular flexibility index (Phi) is 4.88. The van der Waals surface area contributed by atoms with Crippen molar-refractivity contribution in [2.75, 3.05) is 5.32 Å². The zero-order valence-electron chi connectivity index (χ0n) is 10.1. The van der Waals surface area contributed by atoms with E-state index in [1.165, 1.54) is 12.1 Å². The average molecular weight is 290 g/mol. The van der Waals surface area contributed by atoms with Gasteiger partial charge >= 0.3 is 6.18 Å². The summed E-state index contributed by atoms with van der Waals surface area (Å²) in [6.45, 7) is 1.72. The van der Waals surface area contributed by atoms with Crippen LogP contribution in [0.1, 0.15) is 18.9 Å². The number of rotatable bonds is 4. The minimum absolute atomic E-state index is 0.0203. The van der Waals surface area contributed by atoms with Gasteiger partial charge in [-0.3, -0.25) is 4.79 Å². The molecule has 7 heteroatoms. The Bertz CT molecular complexity index is 488. The highest BCUT2D eigenvalue weighted by molar-refractivity contribution is 7.80. The number of thiocarbonyl (C=S) groups is 1. The van der Waals surface area contributed by atoms with Crippen LogP contribution in [0.3, 0.4) is 0 Å². The largest absolute Gasteiger partial charge is 0.416 e. The molecule has 0 bridgehead atoms. The van der Waals surface area contributed by atoms with Crippen LogP contribution in [0.15, 0.2) is 24.3 Å². The number of nitrogens with two attached hydrogens (primary N) is 1. The first kappa shape index (κ1) is 15.4. The van der Waals surface area contributed by atoms with Gasteiger partial charge < -0.3 is 11.1 Å². The lowest BCUT2D eigenvalue weighted by Crippen LogP contribution is -2.32. The zero-order valence-corrected chi connectivity index (χ0v) is 10.9. The Morgan fingerprint density at radius 2 is 2.11 bits per heavy atom. The number of halogens is 3. The van der Waals surface area contributed by atoms with Gasteiger partial charge in [-0.2, -0.15) is 13.2 Å². The Balaban J connectivity index is 2.89. The van der Waals surface area contributed by atoms with E-state index in [0.29, 0.717) is 6.42 Å². The summed E-state index contributed by atoms with van der Waals surface area (Å²) in [6.07, 6.45) is -4.06. The maximum atomic E-state index is 12.5. The third kappa shape index (κ3) is 4.20. The van der Waals surface area contributed by atoms with Gasteiger partial charge in [0.05, 0.1) is 16.5 Å². The minimum atomic E-state index is -4.45. The summed E-state index contributed by atoms with van der Waals surface area (Å²) in [5.74, 6) is -1.20. The summed E-state index contributed by atoms with van der Waals surface area (Å²) in [7, 11) is 0. The van der Waals surface area contributed by atoms with Crippen molar-refractivity contribution in [3.05, 3.63) is 29.8 Å². The fourth-order valence-corrected chi connectivity index (χ4v) is 1.79. The summed E-state index contributed by atoms with van der Waals surface area (Å²) >= 11 is 4.73. The minimum Gasteiger partial charge on any atom is -0.393 e. The van der Waals surface area contributed by atoms with Crippen LogP contribution in [0, 0.1) is 5.92 Å². The number of benzene rings is 1. The fraction of sp³-hybridized carbons (Fsp3) is 0.333. The number of amides is 1. The summed E-state index contributed by atoms with van der Waals surface area (Å²) in [5, 5.41) is 2.38. The third-order valence-electron chi connectivity index (χ3n) is 2.53. The SMILES string of the molecule is CCC(C(=O)Nc1cccc(C(F)(F)F)c1)C(N)=S. The van der Waals surface area contributed by atoms with Gasteiger partial charge in [0.1, 0.15) is 0 Å². The Morgan fingerprint density at radius 1 is 1.47 bits per heavy atom. The molecule has 1 aromatic carbocycles. The number of nitrogens with one attached hydrogen (secondary N) is 1. The van der Waals surface area contributed by atoms with Crippen LogP contribution in [-0.2, 0) is 11.0 Å². The highest BCUT2D eigenvalue weighted by Gasteiger charge is 2.30. The summed E-state index contributed by atoms with van der Waals surface area (Å²) in [5.41, 5.74) is 4.63. The van der Waals surface area contributed by atoms with Gasteiger partial charge in [0.15, 0.2) is 0 Å². The molecule has 0 heterocycles. The van der Waals surface area contributed by atoms with Crippen molar-refractivity contribution in [2.24, 2.45) is 11.7 Å². The van der Waals surface area contributed by atoms with Crippen LogP contribution in [0.4, 0.5) is 18.9 Å². The molecule has 3 nitrogen and oxygen atoms in total. The van der Waals surface area contributed by atoms with Crippen molar-refractivity contribution in [1.82, 2.24) is 0 Å². The van der Waals surface area contributed by atoms with E-state index in [1.807, 2.05) is 0 Å². The van der Waals surface area contributed by atoms with Crippen LogP contribution in [-0.4, -0.2) is 10.9 Å². The molecule has 104 valence electrons. The number of alkyl halides is 3. The van der Waals surface area contributed by atoms with Crippen molar-refractivity contribution in [2.45, 2.75) is 19.5 Å². The van der Waals surface area contributed by atoms with E-state index in [9.17, 15) is 18.0 Å². The predicted molar refractivity (Wildman–Crippen MR) is 70.6 cm³/mol. The smallest absolute Gasteiger partial charge is 0.393 e. The third-order valence-corrected chi connectivity index (χ3v) is 2.81. The van der Waals surface area contributed by atoms with Crippen LogP contribution >= 0.6 is 12.2 Å². The van der Waals surface area contributed by atoms with Gasteiger partial charge in [-0.15, -0.1) is 0 Å². The normalized spacial score (nSPS) is 12.8. The zero-order chi connectivity index (χ0) is 14.6. The van der Waals surface area contributed by atoms with E-state index < -0.39 is 23.6 Å². The Labute approximate surface area is 114 Å². The van der Waals surface area contributed by atoms with Crippen LogP contribution in [0.5, 0.6) is 0 Å². The van der Waals surface area contributed by atoms with Crippen molar-refractivity contribution >= 4 is 28.8 Å². The van der Waals surface area contributed by atoms with Crippen molar-refractivity contribution in [3.8, 4) is 0 Å². The summed E-state index contributed by atoms with van der Waals surface area (Å²) in [4.78, 5) is 11.8. The lowest BCUT2D eigenvalue weighted by molar-refractivity contribution is -0.137. The molecule has 1 unspecified atom stereocenters. The molecule has 1 amide bonds. The molecule has 0 saturated heterocycles. The average Bonchev–Trinajstić information content (AvgIpc) is 2.28. The van der Waals surface area contributed by atoms with E-state index in [0.717, 1.165) is 12.1 Å². The van der Waals surface area contributed by atoms with E-state index in [-0.39, 0.29) is 10.7 Å². The summed E-state index contributed by atoms with van der Waals surface area (Å²) in [6, 6.07) is 4.39. The van der Waals surface area contributed by atoms with Gasteiger partial charge in [0.25, 0.3) is 0 Å². The molecule has 19 heavy (non-hydrogen) atoms. The molecule has 0 aliphatic carbocycles. The molecule has 0 spiro atoms. The second-order valence-electron chi connectivity index (χ2n) is 3.93. The molecule has 0 fully saturated rings. The number of hydrogen-bond donors (Lipinski definition) is 2. The number of carbonyl (C=O) groups is 1. The highest BCUT2D eigenvalue weighted by Crippen LogP contribution is 2.30. The first-order chi connectivity index (χ1) is 8.75. The van der Waals surface area contributed by atoms with Crippen LogP contribution in [0.25, 0.3) is 0 Å². The predicted octanol–water partition coefficient (Wildman–Crippen LogP) is 2.96. The van der Waals surface area contributed by atoms with Gasteiger partial charge in [0, 0.05) is 5.69 Å². The lowest BCUT2D eigenvalue weighted by Gasteiger charge is -2.14. The van der Waals surface area contributed by atoms with Gasteiger partial charge in [0.2, 0.25) is 5.91 Å². The molecule has 1 atom stereocenters. The molecular weight excluding hydrogens is 277 g/mol. The van der Waals surface area contributed by atoms with Gasteiger partial charge in [-0.25, -0.2) is 0 Å². The number of hydrogen-bond acceptors (Lipinski definition) is 2. The standard InChI is InChI=1S/C12H13F3N2OS/c1-2-9(10(16)19)11(18)17-8-5-3-4-7(6-8)12(13,14)15/h3-6,9H,2H2,1H3,(H2,16,19)(H,17,18). The molecule has 0 aliphatic rings. The quantitative estimate of drug-likeness (QED) is 0.838. The fourth-order valence-electron chi connectivity index (χ4n) is 1.52. The molecular formula is C12H13F3N2OS. The van der Waals surface area contributed by atoms with Crippen LogP contribution < -0.4 is 11.1 Å². The number of anilines is 1. The van der Waals surface area contributed by atoms with Crippen molar-refractivity contribution < 1.29 is 18.0 Å². The monoisotopic (exact) mass is 290 g/mol. The molecule has 0 saturated carbocycles. The second-order valence-corrected chi connectivity index (χ2v) is 4.40. The first-order valence-electron chi connectivity index (χ1n) is 5.53. The summed E-state index contributed by atoms with van der Waals surface area (Å²) < 4.78 is 37.5. The molecule has 1 rings (SSSR count). The first-order valence-corrected chi connectivity index (χ1v) is 5.94. The van der Waals surface area contributed by atoms with E-state index in [4.69, 9.17) is 18.0 Å². The lowest BCUT2D eigenvalue weighted by atomic mass is 10.1. The highest BCUT2D eigenvalue weighted by atomic mass is 32.1. The van der Waals surface area contributed by atoms with Crippen molar-refractivity contribution in [3.63, 3.8) is 0 Å². The molecule has 0 radical (unpaired) electrons. The topological polar surface area (TPSA) is 55.1 Å². The Hall–Kier alpha value is -1.63. The van der Waals surface area contributed by atoms with E-state index >= 15 is 0 Å². The maximum Gasteiger partial charge on any atom is 0.416 e. The molecule has 3 N–H and O–H groups in total.